The van der Waals surface area contributed by atoms with Gasteiger partial charge in [-0.05, 0) is 32.3 Å². The minimum atomic E-state index is -0.972. The molecule has 1 saturated heterocycles. The molecule has 22 heavy (non-hydrogen) atoms. The molecule has 1 aliphatic rings. The number of furan rings is 1. The Hall–Kier alpha value is -2.01. The number of carbonyl (C=O) groups is 2. The van der Waals surface area contributed by atoms with Crippen molar-refractivity contribution in [3.63, 3.8) is 0 Å². The van der Waals surface area contributed by atoms with Crippen molar-refractivity contribution in [2.24, 2.45) is 0 Å². The van der Waals surface area contributed by atoms with Gasteiger partial charge in [0, 0.05) is 17.5 Å². The highest BCUT2D eigenvalue weighted by Gasteiger charge is 2.35. The number of carbonyl (C=O) groups excluding carboxylic acids is 1. The smallest absolute Gasteiger partial charge is 0.326 e. The largest absolute Gasteiger partial charge is 0.480 e. The molecule has 6 heteroatoms. The fourth-order valence-electron chi connectivity index (χ4n) is 2.97. The van der Waals surface area contributed by atoms with E-state index in [-0.39, 0.29) is 11.7 Å². The molecular formula is C16H16ClNO4. The second kappa shape index (κ2) is 5.65. The van der Waals surface area contributed by atoms with Gasteiger partial charge < -0.3 is 14.4 Å². The van der Waals surface area contributed by atoms with Crippen LogP contribution in [0.3, 0.4) is 0 Å². The molecule has 1 aromatic heterocycles. The minimum Gasteiger partial charge on any atom is -0.480 e. The number of aliphatic carboxylic acids is 1. The molecule has 2 aromatic rings. The zero-order valence-electron chi connectivity index (χ0n) is 12.1. The monoisotopic (exact) mass is 321 g/mol. The average molecular weight is 322 g/mol. The van der Waals surface area contributed by atoms with Crippen LogP contribution in [0.25, 0.3) is 11.0 Å². The van der Waals surface area contributed by atoms with Crippen molar-refractivity contribution in [3.05, 3.63) is 34.5 Å². The van der Waals surface area contributed by atoms with E-state index in [2.05, 4.69) is 0 Å². The zero-order valence-corrected chi connectivity index (χ0v) is 12.9. The van der Waals surface area contributed by atoms with Gasteiger partial charge in [0.2, 0.25) is 0 Å². The standard InChI is InChI=1S/C16H16ClNO4/c1-9-10-5-4-6-11(17)14(10)22-13(9)15(19)18-8-3-2-7-12(18)16(20)21/h4-6,12H,2-3,7-8H2,1H3,(H,20,21)/t12-/m1/s1. The third kappa shape index (κ3) is 2.35. The van der Waals surface area contributed by atoms with Crippen LogP contribution in [0.15, 0.2) is 22.6 Å². The second-order valence-electron chi connectivity index (χ2n) is 5.52. The minimum absolute atomic E-state index is 0.177. The summed E-state index contributed by atoms with van der Waals surface area (Å²) in [6.45, 7) is 2.22. The van der Waals surface area contributed by atoms with Gasteiger partial charge in [0.05, 0.1) is 5.02 Å². The van der Waals surface area contributed by atoms with E-state index < -0.39 is 12.0 Å². The molecule has 0 radical (unpaired) electrons. The van der Waals surface area contributed by atoms with Crippen LogP contribution in [-0.2, 0) is 4.79 Å². The normalized spacial score (nSPS) is 18.6. The maximum absolute atomic E-state index is 12.7. The van der Waals surface area contributed by atoms with Crippen molar-refractivity contribution < 1.29 is 19.1 Å². The van der Waals surface area contributed by atoms with Crippen LogP contribution >= 0.6 is 11.6 Å². The predicted molar refractivity (Wildman–Crippen MR) is 82.3 cm³/mol. The Morgan fingerprint density at radius 2 is 2.14 bits per heavy atom. The molecule has 0 unspecified atom stereocenters. The van der Waals surface area contributed by atoms with Crippen molar-refractivity contribution in [2.45, 2.75) is 32.2 Å². The first-order valence-corrected chi connectivity index (χ1v) is 7.60. The number of fused-ring (bicyclic) bond motifs is 1. The zero-order chi connectivity index (χ0) is 15.9. The third-order valence-electron chi connectivity index (χ3n) is 4.16. The van der Waals surface area contributed by atoms with Crippen molar-refractivity contribution in [1.29, 1.82) is 0 Å². The molecule has 1 amide bonds. The first-order chi connectivity index (χ1) is 10.5. The number of likely N-dealkylation sites (tertiary alicyclic amines) is 1. The summed E-state index contributed by atoms with van der Waals surface area (Å²) in [5.74, 6) is -1.17. The summed E-state index contributed by atoms with van der Waals surface area (Å²) in [5, 5.41) is 10.5. The summed E-state index contributed by atoms with van der Waals surface area (Å²) >= 11 is 6.10. The van der Waals surface area contributed by atoms with Gasteiger partial charge in [-0.15, -0.1) is 0 Å². The molecular weight excluding hydrogens is 306 g/mol. The van der Waals surface area contributed by atoms with E-state index in [0.717, 1.165) is 18.2 Å². The first-order valence-electron chi connectivity index (χ1n) is 7.22. The summed E-state index contributed by atoms with van der Waals surface area (Å²) in [6, 6.07) is 4.54. The highest BCUT2D eigenvalue weighted by molar-refractivity contribution is 6.35. The fraction of sp³-hybridized carbons (Fsp3) is 0.375. The van der Waals surface area contributed by atoms with E-state index in [4.69, 9.17) is 16.0 Å². The van der Waals surface area contributed by atoms with Crippen LogP contribution in [0.1, 0.15) is 35.4 Å². The first kappa shape index (κ1) is 14.9. The Balaban J connectivity index is 2.03. The molecule has 2 heterocycles. The number of carboxylic acid groups (broad SMARTS) is 1. The lowest BCUT2D eigenvalue weighted by Crippen LogP contribution is -2.48. The number of rotatable bonds is 2. The molecule has 116 valence electrons. The maximum Gasteiger partial charge on any atom is 0.326 e. The number of halogens is 1. The van der Waals surface area contributed by atoms with E-state index in [9.17, 15) is 14.7 Å². The number of aryl methyl sites for hydroxylation is 1. The Labute approximate surface area is 132 Å². The van der Waals surface area contributed by atoms with E-state index in [1.165, 1.54) is 4.90 Å². The molecule has 3 rings (SSSR count). The molecule has 1 atom stereocenters. The maximum atomic E-state index is 12.7. The lowest BCUT2D eigenvalue weighted by molar-refractivity contribution is -0.143. The predicted octanol–water partition coefficient (Wildman–Crippen LogP) is 3.47. The number of carboxylic acids is 1. The highest BCUT2D eigenvalue weighted by Crippen LogP contribution is 2.32. The number of hydrogen-bond donors (Lipinski definition) is 1. The molecule has 0 bridgehead atoms. The second-order valence-corrected chi connectivity index (χ2v) is 5.93. The number of piperidine rings is 1. The Bertz CT molecular complexity index is 752. The summed E-state index contributed by atoms with van der Waals surface area (Å²) in [6.07, 6.45) is 2.09. The van der Waals surface area contributed by atoms with Crippen LogP contribution in [0.5, 0.6) is 0 Å². The topological polar surface area (TPSA) is 70.8 Å². The van der Waals surface area contributed by atoms with Gasteiger partial charge in [0.25, 0.3) is 5.91 Å². The number of amides is 1. The summed E-state index contributed by atoms with van der Waals surface area (Å²) in [5.41, 5.74) is 1.16. The molecule has 1 aliphatic heterocycles. The molecule has 0 spiro atoms. The third-order valence-corrected chi connectivity index (χ3v) is 4.46. The summed E-state index contributed by atoms with van der Waals surface area (Å²) < 4.78 is 5.66. The van der Waals surface area contributed by atoms with E-state index in [1.54, 1.807) is 19.1 Å². The molecule has 0 aliphatic carbocycles. The summed E-state index contributed by atoms with van der Waals surface area (Å²) in [7, 11) is 0. The number of hydrogen-bond acceptors (Lipinski definition) is 3. The van der Waals surface area contributed by atoms with Crippen LogP contribution < -0.4 is 0 Å². The van der Waals surface area contributed by atoms with Crippen molar-refractivity contribution in [3.8, 4) is 0 Å². The number of nitrogens with zero attached hydrogens (tertiary/aromatic N) is 1. The molecule has 0 saturated carbocycles. The Morgan fingerprint density at radius 1 is 1.36 bits per heavy atom. The Kier molecular flexibility index (Phi) is 3.83. The number of benzene rings is 1. The SMILES string of the molecule is Cc1c(C(=O)N2CCCC[C@@H]2C(=O)O)oc2c(Cl)cccc12. The van der Waals surface area contributed by atoms with Gasteiger partial charge in [-0.25, -0.2) is 4.79 Å². The average Bonchev–Trinajstić information content (AvgIpc) is 2.85. The van der Waals surface area contributed by atoms with Crippen LogP contribution in [0.4, 0.5) is 0 Å². The van der Waals surface area contributed by atoms with Gasteiger partial charge >= 0.3 is 5.97 Å². The van der Waals surface area contributed by atoms with Gasteiger partial charge in [0.1, 0.15) is 6.04 Å². The molecule has 1 fully saturated rings. The highest BCUT2D eigenvalue weighted by atomic mass is 35.5. The van der Waals surface area contributed by atoms with Gasteiger partial charge in [-0.1, -0.05) is 23.7 Å². The van der Waals surface area contributed by atoms with Crippen molar-refractivity contribution >= 4 is 34.4 Å². The van der Waals surface area contributed by atoms with E-state index in [0.29, 0.717) is 29.1 Å². The molecule has 1 aromatic carbocycles. The van der Waals surface area contributed by atoms with Gasteiger partial charge in [-0.2, -0.15) is 0 Å². The van der Waals surface area contributed by atoms with E-state index in [1.807, 2.05) is 6.07 Å². The van der Waals surface area contributed by atoms with Gasteiger partial charge in [0.15, 0.2) is 11.3 Å². The van der Waals surface area contributed by atoms with E-state index >= 15 is 0 Å². The number of para-hydroxylation sites is 1. The summed E-state index contributed by atoms with van der Waals surface area (Å²) in [4.78, 5) is 25.5. The fourth-order valence-corrected chi connectivity index (χ4v) is 3.19. The van der Waals surface area contributed by atoms with Crippen LogP contribution in [0.2, 0.25) is 5.02 Å². The lowest BCUT2D eigenvalue weighted by atomic mass is 10.0. The van der Waals surface area contributed by atoms with Crippen LogP contribution in [-0.4, -0.2) is 34.5 Å². The van der Waals surface area contributed by atoms with Crippen molar-refractivity contribution in [2.75, 3.05) is 6.54 Å². The quantitative estimate of drug-likeness (QED) is 0.919. The van der Waals surface area contributed by atoms with Crippen LogP contribution in [0, 0.1) is 6.92 Å². The molecule has 1 N–H and O–H groups in total. The van der Waals surface area contributed by atoms with Gasteiger partial charge in [-0.3, -0.25) is 4.79 Å². The Morgan fingerprint density at radius 3 is 2.82 bits per heavy atom. The lowest BCUT2D eigenvalue weighted by Gasteiger charge is -2.32. The van der Waals surface area contributed by atoms with Crippen molar-refractivity contribution in [1.82, 2.24) is 4.90 Å². The molecule has 5 nitrogen and oxygen atoms in total.